The van der Waals surface area contributed by atoms with Gasteiger partial charge in [-0.05, 0) is 13.0 Å². The number of halogens is 2. The van der Waals surface area contributed by atoms with Gasteiger partial charge in [-0.3, -0.25) is 4.79 Å². The number of benzene rings is 1. The molecule has 1 heterocycles. The Morgan fingerprint density at radius 3 is 2.95 bits per heavy atom. The van der Waals surface area contributed by atoms with Crippen molar-refractivity contribution in [2.24, 2.45) is 10.2 Å². The Balaban J connectivity index is 2.21. The molecule has 5 nitrogen and oxygen atoms in total. The van der Waals surface area contributed by atoms with Crippen LogP contribution in [0.4, 0.5) is 8.78 Å². The summed E-state index contributed by atoms with van der Waals surface area (Å²) < 4.78 is 31.8. The monoisotopic (exact) mass is 299 g/mol. The molecule has 1 fully saturated rings. The first-order valence-electron chi connectivity index (χ1n) is 5.75. The molecule has 1 aliphatic heterocycles. The highest BCUT2D eigenvalue weighted by molar-refractivity contribution is 8.15. The van der Waals surface area contributed by atoms with E-state index in [-0.39, 0.29) is 29.6 Å². The summed E-state index contributed by atoms with van der Waals surface area (Å²) in [5, 5.41) is 10.3. The molecule has 1 amide bonds. The molecular weight excluding hydrogens is 288 g/mol. The maximum Gasteiger partial charge on any atom is 0.236 e. The lowest BCUT2D eigenvalue weighted by molar-refractivity contribution is -0.116. The third-order valence-electron chi connectivity index (χ3n) is 2.26. The van der Waals surface area contributed by atoms with Crippen molar-refractivity contribution in [1.29, 1.82) is 0 Å². The number of carbonyl (C=O) groups excluding carboxylic acids is 1. The summed E-state index contributed by atoms with van der Waals surface area (Å²) >= 11 is 1.20. The molecule has 1 N–H and O–H groups in total. The molecule has 0 spiro atoms. The third kappa shape index (κ3) is 3.53. The number of amides is 1. The molecule has 1 aromatic rings. The number of ether oxygens (including phenoxy) is 1. The van der Waals surface area contributed by atoms with Crippen molar-refractivity contribution >= 4 is 29.1 Å². The van der Waals surface area contributed by atoms with Crippen molar-refractivity contribution in [3.63, 3.8) is 0 Å². The minimum atomic E-state index is -0.801. The number of nitrogens with zero attached hydrogens (tertiary/aromatic N) is 2. The number of rotatable bonds is 4. The fraction of sp³-hybridized carbons (Fsp3) is 0.250. The molecule has 1 aromatic carbocycles. The van der Waals surface area contributed by atoms with E-state index in [2.05, 4.69) is 15.5 Å². The molecule has 0 atom stereocenters. The summed E-state index contributed by atoms with van der Waals surface area (Å²) in [5.41, 5.74) is 0.142. The molecule has 1 aliphatic rings. The van der Waals surface area contributed by atoms with Crippen LogP contribution in [0.15, 0.2) is 22.3 Å². The number of hydrogen-bond donors (Lipinski definition) is 1. The van der Waals surface area contributed by atoms with Crippen LogP contribution in [-0.2, 0) is 4.79 Å². The van der Waals surface area contributed by atoms with Gasteiger partial charge in [0.1, 0.15) is 5.82 Å². The van der Waals surface area contributed by atoms with E-state index in [1.54, 1.807) is 6.92 Å². The van der Waals surface area contributed by atoms with E-state index in [0.717, 1.165) is 12.1 Å². The molecule has 0 radical (unpaired) electrons. The van der Waals surface area contributed by atoms with Gasteiger partial charge in [0.25, 0.3) is 0 Å². The Morgan fingerprint density at radius 1 is 1.50 bits per heavy atom. The summed E-state index contributed by atoms with van der Waals surface area (Å²) in [5.74, 6) is -1.49. The van der Waals surface area contributed by atoms with Crippen LogP contribution in [-0.4, -0.2) is 29.6 Å². The molecular formula is C12H11F2N3O2S. The maximum absolute atomic E-state index is 13.6. The number of hydrogen-bond acceptors (Lipinski definition) is 5. The van der Waals surface area contributed by atoms with Gasteiger partial charge in [0.15, 0.2) is 16.7 Å². The van der Waals surface area contributed by atoms with Crippen molar-refractivity contribution in [1.82, 2.24) is 5.32 Å². The average Bonchev–Trinajstić information content (AvgIpc) is 2.79. The molecule has 0 unspecified atom stereocenters. The summed E-state index contributed by atoms with van der Waals surface area (Å²) in [4.78, 5) is 10.9. The first kappa shape index (κ1) is 14.4. The van der Waals surface area contributed by atoms with Crippen molar-refractivity contribution in [3.8, 4) is 5.75 Å². The first-order valence-corrected chi connectivity index (χ1v) is 6.74. The predicted molar refractivity (Wildman–Crippen MR) is 73.2 cm³/mol. The van der Waals surface area contributed by atoms with Crippen LogP contribution in [0.5, 0.6) is 5.75 Å². The fourth-order valence-electron chi connectivity index (χ4n) is 1.50. The number of amidine groups is 1. The second-order valence-electron chi connectivity index (χ2n) is 3.73. The second-order valence-corrected chi connectivity index (χ2v) is 4.69. The lowest BCUT2D eigenvalue weighted by Crippen LogP contribution is -2.19. The summed E-state index contributed by atoms with van der Waals surface area (Å²) in [6.45, 7) is 1.93. The smallest absolute Gasteiger partial charge is 0.236 e. The van der Waals surface area contributed by atoms with Crippen LogP contribution in [0.2, 0.25) is 0 Å². The van der Waals surface area contributed by atoms with Gasteiger partial charge in [-0.25, -0.2) is 8.78 Å². The lowest BCUT2D eigenvalue weighted by atomic mass is 10.2. The molecule has 0 aliphatic carbocycles. The quantitative estimate of drug-likeness (QED) is 0.682. The fourth-order valence-corrected chi connectivity index (χ4v) is 2.13. The van der Waals surface area contributed by atoms with E-state index in [1.807, 2.05) is 0 Å². The van der Waals surface area contributed by atoms with Crippen LogP contribution >= 0.6 is 11.8 Å². The van der Waals surface area contributed by atoms with Crippen LogP contribution in [0.1, 0.15) is 12.5 Å². The SMILES string of the molecule is CCOc1c(F)cc(F)cc1C=NN=C1NC(=O)CS1. The number of thioether (sulfide) groups is 1. The topological polar surface area (TPSA) is 63.1 Å². The Bertz CT molecular complexity index is 590. The normalized spacial score (nSPS) is 16.9. The molecule has 2 rings (SSSR count). The first-order chi connectivity index (χ1) is 9.60. The zero-order valence-electron chi connectivity index (χ0n) is 10.5. The largest absolute Gasteiger partial charge is 0.490 e. The van der Waals surface area contributed by atoms with E-state index < -0.39 is 11.6 Å². The zero-order valence-corrected chi connectivity index (χ0v) is 11.3. The Hall–Kier alpha value is -1.96. The van der Waals surface area contributed by atoms with Gasteiger partial charge in [0.05, 0.1) is 18.6 Å². The van der Waals surface area contributed by atoms with Crippen molar-refractivity contribution in [2.45, 2.75) is 6.92 Å². The molecule has 0 aromatic heterocycles. The van der Waals surface area contributed by atoms with E-state index >= 15 is 0 Å². The maximum atomic E-state index is 13.6. The lowest BCUT2D eigenvalue weighted by Gasteiger charge is -2.07. The number of nitrogens with one attached hydrogen (secondary N) is 1. The van der Waals surface area contributed by atoms with Gasteiger partial charge in [0, 0.05) is 11.6 Å². The van der Waals surface area contributed by atoms with Crippen molar-refractivity contribution < 1.29 is 18.3 Å². The molecule has 1 saturated heterocycles. The van der Waals surface area contributed by atoms with Gasteiger partial charge in [-0.2, -0.15) is 5.10 Å². The van der Waals surface area contributed by atoms with Gasteiger partial charge in [-0.15, -0.1) is 5.10 Å². The molecule has 20 heavy (non-hydrogen) atoms. The number of carbonyl (C=O) groups is 1. The average molecular weight is 299 g/mol. The van der Waals surface area contributed by atoms with Crippen LogP contribution in [0.25, 0.3) is 0 Å². The minimum Gasteiger partial charge on any atom is -0.490 e. The standard InChI is InChI=1S/C12H11F2N3O2S/c1-2-19-11-7(3-8(13)4-9(11)14)5-15-17-12-16-10(18)6-20-12/h3-5H,2,6H2,1H3,(H,16,17,18). The van der Waals surface area contributed by atoms with Crippen LogP contribution in [0, 0.1) is 11.6 Å². The third-order valence-corrected chi connectivity index (χ3v) is 3.12. The van der Waals surface area contributed by atoms with E-state index in [9.17, 15) is 13.6 Å². The Labute approximate surface area is 118 Å². The predicted octanol–water partition coefficient (Wildman–Crippen LogP) is 1.92. The van der Waals surface area contributed by atoms with E-state index in [0.29, 0.717) is 5.17 Å². The molecule has 8 heteroatoms. The van der Waals surface area contributed by atoms with Crippen molar-refractivity contribution in [3.05, 3.63) is 29.3 Å². The Morgan fingerprint density at radius 2 is 2.30 bits per heavy atom. The van der Waals surface area contributed by atoms with E-state index in [1.165, 1.54) is 18.0 Å². The molecule has 0 saturated carbocycles. The van der Waals surface area contributed by atoms with Crippen LogP contribution < -0.4 is 10.1 Å². The molecule has 0 bridgehead atoms. The van der Waals surface area contributed by atoms with Gasteiger partial charge < -0.3 is 10.1 Å². The highest BCUT2D eigenvalue weighted by Gasteiger charge is 2.16. The van der Waals surface area contributed by atoms with Gasteiger partial charge in [-0.1, -0.05) is 11.8 Å². The molecule has 106 valence electrons. The van der Waals surface area contributed by atoms with E-state index in [4.69, 9.17) is 4.74 Å². The van der Waals surface area contributed by atoms with Crippen LogP contribution in [0.3, 0.4) is 0 Å². The Kier molecular flexibility index (Phi) is 4.67. The zero-order chi connectivity index (χ0) is 14.5. The highest BCUT2D eigenvalue weighted by atomic mass is 32.2. The van der Waals surface area contributed by atoms with Crippen molar-refractivity contribution in [2.75, 3.05) is 12.4 Å². The summed E-state index contributed by atoms with van der Waals surface area (Å²) in [6.07, 6.45) is 1.18. The second kappa shape index (κ2) is 6.47. The van der Waals surface area contributed by atoms with Gasteiger partial charge >= 0.3 is 0 Å². The summed E-state index contributed by atoms with van der Waals surface area (Å²) in [6, 6.07) is 1.83. The highest BCUT2D eigenvalue weighted by Crippen LogP contribution is 2.23. The minimum absolute atomic E-state index is 0.0824. The summed E-state index contributed by atoms with van der Waals surface area (Å²) in [7, 11) is 0. The van der Waals surface area contributed by atoms with Gasteiger partial charge in [0.2, 0.25) is 5.91 Å².